The second kappa shape index (κ2) is 9.17. The number of carboxylic acids is 1. The minimum absolute atomic E-state index is 0.0903. The molecule has 0 unspecified atom stereocenters. The minimum atomic E-state index is -0.808. The quantitative estimate of drug-likeness (QED) is 0.476. The van der Waals surface area contributed by atoms with Crippen LogP contribution in [0.4, 0.5) is 10.2 Å². The van der Waals surface area contributed by atoms with Gasteiger partial charge in [-0.3, -0.25) is 9.48 Å². The molecule has 0 aliphatic carbocycles. The summed E-state index contributed by atoms with van der Waals surface area (Å²) in [7, 11) is 0. The molecule has 0 amide bonds. The Balaban J connectivity index is 1.66. The number of hydrogen-bond acceptors (Lipinski definition) is 7. The number of piperidine rings is 1. The molecule has 182 valence electrons. The van der Waals surface area contributed by atoms with Gasteiger partial charge in [0.2, 0.25) is 0 Å². The molecule has 1 saturated heterocycles. The number of likely N-dealkylation sites (tertiary alicyclic amines) is 1. The van der Waals surface area contributed by atoms with Crippen LogP contribution in [0.5, 0.6) is 5.75 Å². The second-order valence-corrected chi connectivity index (χ2v) is 9.89. The van der Waals surface area contributed by atoms with Crippen molar-refractivity contribution in [3.63, 3.8) is 0 Å². The van der Waals surface area contributed by atoms with Crippen molar-refractivity contribution in [1.82, 2.24) is 24.9 Å². The van der Waals surface area contributed by atoms with E-state index in [2.05, 4.69) is 20.4 Å². The number of carbonyl (C=O) groups is 1. The van der Waals surface area contributed by atoms with Gasteiger partial charge in [0.1, 0.15) is 0 Å². The number of rotatable bonds is 7. The number of aromatic hydroxyl groups is 1. The number of carboxylic acid groups (broad SMARTS) is 1. The third-order valence-corrected chi connectivity index (χ3v) is 6.24. The summed E-state index contributed by atoms with van der Waals surface area (Å²) in [5.74, 6) is -1.35. The highest BCUT2D eigenvalue weighted by Crippen LogP contribution is 2.35. The molecular weight excluding hydrogens is 439 g/mol. The van der Waals surface area contributed by atoms with Crippen LogP contribution in [0.2, 0.25) is 0 Å². The molecule has 3 N–H and O–H groups in total. The van der Waals surface area contributed by atoms with Crippen molar-refractivity contribution in [2.45, 2.75) is 52.6 Å². The summed E-state index contributed by atoms with van der Waals surface area (Å²) in [6.45, 7) is 9.52. The maximum atomic E-state index is 13.9. The van der Waals surface area contributed by atoms with Gasteiger partial charge in [-0.25, -0.2) is 4.39 Å². The lowest BCUT2D eigenvalue weighted by atomic mass is 9.91. The largest absolute Gasteiger partial charge is 0.504 e. The van der Waals surface area contributed by atoms with Crippen molar-refractivity contribution in [3.8, 4) is 17.0 Å². The molecule has 0 saturated carbocycles. The summed E-state index contributed by atoms with van der Waals surface area (Å²) in [6, 6.07) is 6.33. The average Bonchev–Trinajstić information content (AvgIpc) is 3.13. The van der Waals surface area contributed by atoms with E-state index in [4.69, 9.17) is 5.10 Å². The molecule has 3 heterocycles. The molecular formula is C24H31FN6O3. The number of hydrogen-bond donors (Lipinski definition) is 3. The van der Waals surface area contributed by atoms with Crippen LogP contribution in [0.3, 0.4) is 0 Å². The van der Waals surface area contributed by atoms with E-state index in [1.807, 2.05) is 18.5 Å². The Bertz CT molecular complexity index is 1200. The summed E-state index contributed by atoms with van der Waals surface area (Å²) in [5, 5.41) is 36.4. The Morgan fingerprint density at radius 2 is 1.97 bits per heavy atom. The molecule has 1 aliphatic heterocycles. The average molecular weight is 471 g/mol. The topological polar surface area (TPSA) is 116 Å². The van der Waals surface area contributed by atoms with Crippen LogP contribution in [0.25, 0.3) is 22.3 Å². The highest BCUT2D eigenvalue weighted by Gasteiger charge is 2.32. The molecule has 9 nitrogen and oxygen atoms in total. The number of nitrogens with one attached hydrogen (secondary N) is 1. The van der Waals surface area contributed by atoms with Gasteiger partial charge in [0, 0.05) is 31.2 Å². The van der Waals surface area contributed by atoms with Crippen LogP contribution in [0, 0.1) is 11.2 Å². The lowest BCUT2D eigenvalue weighted by Crippen LogP contribution is -2.43. The van der Waals surface area contributed by atoms with Gasteiger partial charge in [0.25, 0.3) is 0 Å². The van der Waals surface area contributed by atoms with Crippen LogP contribution in [-0.2, 0) is 4.79 Å². The van der Waals surface area contributed by atoms with E-state index in [-0.39, 0.29) is 17.6 Å². The Labute approximate surface area is 197 Å². The van der Waals surface area contributed by atoms with E-state index in [0.29, 0.717) is 23.6 Å². The van der Waals surface area contributed by atoms with Gasteiger partial charge in [-0.2, -0.15) is 5.10 Å². The molecule has 34 heavy (non-hydrogen) atoms. The first-order valence-corrected chi connectivity index (χ1v) is 11.5. The Morgan fingerprint density at radius 1 is 1.26 bits per heavy atom. The Morgan fingerprint density at radius 3 is 2.62 bits per heavy atom. The number of para-hydroxylation sites is 1. The van der Waals surface area contributed by atoms with Gasteiger partial charge in [-0.15, -0.1) is 10.2 Å². The summed E-state index contributed by atoms with van der Waals surface area (Å²) in [6.07, 6.45) is 1.60. The van der Waals surface area contributed by atoms with E-state index >= 15 is 0 Å². The number of anilines is 1. The minimum Gasteiger partial charge on any atom is -0.504 e. The first-order chi connectivity index (χ1) is 16.1. The number of halogens is 1. The van der Waals surface area contributed by atoms with Crippen LogP contribution < -0.4 is 5.32 Å². The molecule has 1 aliphatic rings. The maximum Gasteiger partial charge on any atom is 0.310 e. The fraction of sp³-hybridized carbons (Fsp3) is 0.500. The summed E-state index contributed by atoms with van der Waals surface area (Å²) >= 11 is 0. The number of benzene rings is 1. The highest BCUT2D eigenvalue weighted by molar-refractivity contribution is 5.88. The third kappa shape index (κ3) is 4.68. The van der Waals surface area contributed by atoms with Crippen molar-refractivity contribution in [2.75, 3.05) is 25.0 Å². The number of phenolic OH excluding ortho intramolecular Hbond substituents is 1. The number of nitrogens with zero attached hydrogens (tertiary/aromatic N) is 5. The molecule has 4 rings (SSSR count). The molecule has 10 heteroatoms. The van der Waals surface area contributed by atoms with Crippen LogP contribution >= 0.6 is 0 Å². The first kappa shape index (κ1) is 23.9. The van der Waals surface area contributed by atoms with E-state index in [9.17, 15) is 19.4 Å². The van der Waals surface area contributed by atoms with Gasteiger partial charge in [-0.1, -0.05) is 6.07 Å². The van der Waals surface area contributed by atoms with Gasteiger partial charge < -0.3 is 20.4 Å². The van der Waals surface area contributed by atoms with Crippen LogP contribution in [-0.4, -0.2) is 66.7 Å². The maximum absolute atomic E-state index is 13.9. The lowest BCUT2D eigenvalue weighted by molar-refractivity contribution is -0.148. The predicted molar refractivity (Wildman–Crippen MR) is 127 cm³/mol. The number of aliphatic carboxylic acids is 1. The first-order valence-electron chi connectivity index (χ1n) is 11.5. The molecule has 3 aromatic rings. The normalized spacial score (nSPS) is 15.8. The Hall–Kier alpha value is -3.27. The molecule has 1 aromatic carbocycles. The molecule has 1 fully saturated rings. The number of fused-ring (bicyclic) bond motifs is 1. The monoisotopic (exact) mass is 470 g/mol. The van der Waals surface area contributed by atoms with Gasteiger partial charge in [0.05, 0.1) is 22.7 Å². The molecule has 0 spiro atoms. The van der Waals surface area contributed by atoms with E-state index in [0.717, 1.165) is 31.4 Å². The standard InChI is InChI=1S/C24H31FN6O3/c1-14(2)26-22-20-19(12-18(27-28-20)16-6-5-7-17(25)21(16)32)31(29-22)15-8-10-30(11-9-15)13-24(3,4)23(33)34/h5-7,12,14-15,32H,8-11,13H2,1-4H3,(H,26,29)(H,33,34). The smallest absolute Gasteiger partial charge is 0.310 e. The van der Waals surface area contributed by atoms with Gasteiger partial charge >= 0.3 is 5.97 Å². The van der Waals surface area contributed by atoms with Gasteiger partial charge in [0.15, 0.2) is 22.9 Å². The highest BCUT2D eigenvalue weighted by atomic mass is 19.1. The van der Waals surface area contributed by atoms with Crippen molar-refractivity contribution in [3.05, 3.63) is 30.1 Å². The van der Waals surface area contributed by atoms with Crippen molar-refractivity contribution < 1.29 is 19.4 Å². The van der Waals surface area contributed by atoms with Crippen molar-refractivity contribution in [1.29, 1.82) is 0 Å². The summed E-state index contributed by atoms with van der Waals surface area (Å²) < 4.78 is 15.9. The SMILES string of the molecule is CC(C)Nc1nn(C2CCN(CC(C)(C)C(=O)O)CC2)c2cc(-c3cccc(F)c3O)nnc12. The molecule has 0 bridgehead atoms. The van der Waals surface area contributed by atoms with Crippen molar-refractivity contribution in [2.24, 2.45) is 5.41 Å². The fourth-order valence-electron chi connectivity index (χ4n) is 4.39. The molecule has 0 atom stereocenters. The van der Waals surface area contributed by atoms with Crippen molar-refractivity contribution >= 4 is 22.8 Å². The fourth-order valence-corrected chi connectivity index (χ4v) is 4.39. The second-order valence-electron chi connectivity index (χ2n) is 9.89. The predicted octanol–water partition coefficient (Wildman–Crippen LogP) is 3.91. The van der Waals surface area contributed by atoms with Gasteiger partial charge in [-0.05, 0) is 58.7 Å². The van der Waals surface area contributed by atoms with Crippen LogP contribution in [0.1, 0.15) is 46.6 Å². The number of aromatic nitrogens is 4. The number of phenols is 1. The summed E-state index contributed by atoms with van der Waals surface area (Å²) in [4.78, 5) is 13.7. The zero-order valence-electron chi connectivity index (χ0n) is 19.9. The van der Waals surface area contributed by atoms with E-state index < -0.39 is 23.0 Å². The Kier molecular flexibility index (Phi) is 6.44. The lowest BCUT2D eigenvalue weighted by Gasteiger charge is -2.35. The zero-order chi connectivity index (χ0) is 24.6. The third-order valence-electron chi connectivity index (χ3n) is 6.24. The summed E-state index contributed by atoms with van der Waals surface area (Å²) in [5.41, 5.74) is 1.19. The molecule has 0 radical (unpaired) electrons. The zero-order valence-corrected chi connectivity index (χ0v) is 19.9. The van der Waals surface area contributed by atoms with E-state index in [1.54, 1.807) is 26.0 Å². The van der Waals surface area contributed by atoms with E-state index in [1.165, 1.54) is 12.1 Å². The molecule has 2 aromatic heterocycles. The van der Waals surface area contributed by atoms with Crippen LogP contribution in [0.15, 0.2) is 24.3 Å².